The third-order valence-electron chi connectivity index (χ3n) is 1.71. The molecule has 14 heavy (non-hydrogen) atoms. The van der Waals surface area contributed by atoms with E-state index in [1.807, 2.05) is 26.0 Å². The first-order chi connectivity index (χ1) is 6.70. The SMILES string of the molecule is CC(C)OCCNc1cccnc1N. The molecule has 0 aliphatic rings. The van der Waals surface area contributed by atoms with Crippen molar-refractivity contribution in [2.45, 2.75) is 20.0 Å². The lowest BCUT2D eigenvalue weighted by Gasteiger charge is -2.10. The zero-order valence-corrected chi connectivity index (χ0v) is 8.66. The van der Waals surface area contributed by atoms with Crippen LogP contribution in [0.4, 0.5) is 11.5 Å². The number of ether oxygens (including phenoxy) is 1. The fourth-order valence-corrected chi connectivity index (χ4v) is 1.05. The van der Waals surface area contributed by atoms with Gasteiger partial charge in [-0.15, -0.1) is 0 Å². The first-order valence-electron chi connectivity index (χ1n) is 4.76. The Morgan fingerprint density at radius 3 is 3.00 bits per heavy atom. The predicted molar refractivity (Wildman–Crippen MR) is 58.2 cm³/mol. The highest BCUT2D eigenvalue weighted by atomic mass is 16.5. The van der Waals surface area contributed by atoms with Crippen LogP contribution in [0.3, 0.4) is 0 Å². The van der Waals surface area contributed by atoms with Crippen molar-refractivity contribution in [1.82, 2.24) is 4.98 Å². The summed E-state index contributed by atoms with van der Waals surface area (Å²) in [5, 5.41) is 3.16. The van der Waals surface area contributed by atoms with Crippen molar-refractivity contribution in [1.29, 1.82) is 0 Å². The van der Waals surface area contributed by atoms with Gasteiger partial charge in [0.1, 0.15) is 5.82 Å². The minimum atomic E-state index is 0.267. The molecule has 1 aromatic rings. The number of hydrogen-bond acceptors (Lipinski definition) is 4. The number of nitrogens with one attached hydrogen (secondary N) is 1. The van der Waals surface area contributed by atoms with Crippen molar-refractivity contribution < 1.29 is 4.74 Å². The molecule has 1 heterocycles. The number of aromatic nitrogens is 1. The first-order valence-corrected chi connectivity index (χ1v) is 4.76. The molecule has 0 unspecified atom stereocenters. The quantitative estimate of drug-likeness (QED) is 0.699. The molecule has 0 saturated heterocycles. The van der Waals surface area contributed by atoms with E-state index in [1.165, 1.54) is 0 Å². The zero-order valence-electron chi connectivity index (χ0n) is 8.66. The summed E-state index contributed by atoms with van der Waals surface area (Å²) in [5.74, 6) is 0.525. The summed E-state index contributed by atoms with van der Waals surface area (Å²) < 4.78 is 5.38. The summed E-state index contributed by atoms with van der Waals surface area (Å²) in [4.78, 5) is 3.97. The van der Waals surface area contributed by atoms with Crippen LogP contribution in [0, 0.1) is 0 Å². The fraction of sp³-hybridized carbons (Fsp3) is 0.500. The molecule has 0 aliphatic heterocycles. The van der Waals surface area contributed by atoms with E-state index in [-0.39, 0.29) is 6.10 Å². The van der Waals surface area contributed by atoms with Crippen LogP contribution in [-0.2, 0) is 4.74 Å². The number of nitrogens with zero attached hydrogens (tertiary/aromatic N) is 1. The molecular formula is C10H17N3O. The van der Waals surface area contributed by atoms with Gasteiger partial charge < -0.3 is 15.8 Å². The molecule has 4 heteroatoms. The third-order valence-corrected chi connectivity index (χ3v) is 1.71. The Hall–Kier alpha value is -1.29. The molecule has 0 amide bonds. The molecule has 0 atom stereocenters. The van der Waals surface area contributed by atoms with Gasteiger partial charge in [0.05, 0.1) is 18.4 Å². The van der Waals surface area contributed by atoms with Crippen molar-refractivity contribution in [2.75, 3.05) is 24.2 Å². The molecule has 3 N–H and O–H groups in total. The Balaban J connectivity index is 2.28. The highest BCUT2D eigenvalue weighted by Crippen LogP contribution is 2.12. The van der Waals surface area contributed by atoms with Crippen molar-refractivity contribution >= 4 is 11.5 Å². The Labute approximate surface area is 84.5 Å². The minimum Gasteiger partial charge on any atom is -0.382 e. The lowest BCUT2D eigenvalue weighted by Crippen LogP contribution is -2.14. The number of hydrogen-bond donors (Lipinski definition) is 2. The van der Waals surface area contributed by atoms with E-state index in [0.29, 0.717) is 12.4 Å². The minimum absolute atomic E-state index is 0.267. The van der Waals surface area contributed by atoms with Crippen LogP contribution in [0.15, 0.2) is 18.3 Å². The predicted octanol–water partition coefficient (Wildman–Crippen LogP) is 1.50. The van der Waals surface area contributed by atoms with Gasteiger partial charge in [-0.3, -0.25) is 0 Å². The van der Waals surface area contributed by atoms with E-state index < -0.39 is 0 Å². The summed E-state index contributed by atoms with van der Waals surface area (Å²) in [6.45, 7) is 5.44. The smallest absolute Gasteiger partial charge is 0.146 e. The topological polar surface area (TPSA) is 60.2 Å². The van der Waals surface area contributed by atoms with Crippen LogP contribution < -0.4 is 11.1 Å². The average Bonchev–Trinajstić information content (AvgIpc) is 2.15. The van der Waals surface area contributed by atoms with E-state index >= 15 is 0 Å². The van der Waals surface area contributed by atoms with Gasteiger partial charge in [-0.2, -0.15) is 0 Å². The lowest BCUT2D eigenvalue weighted by molar-refractivity contribution is 0.0870. The van der Waals surface area contributed by atoms with E-state index in [2.05, 4.69) is 10.3 Å². The highest BCUT2D eigenvalue weighted by molar-refractivity contribution is 5.60. The van der Waals surface area contributed by atoms with Crippen molar-refractivity contribution in [3.63, 3.8) is 0 Å². The normalized spacial score (nSPS) is 10.5. The van der Waals surface area contributed by atoms with E-state index in [4.69, 9.17) is 10.5 Å². The monoisotopic (exact) mass is 195 g/mol. The fourth-order valence-electron chi connectivity index (χ4n) is 1.05. The van der Waals surface area contributed by atoms with Gasteiger partial charge in [-0.05, 0) is 26.0 Å². The maximum atomic E-state index is 5.65. The molecule has 0 aromatic carbocycles. The lowest BCUT2D eigenvalue weighted by atomic mass is 10.4. The molecule has 78 valence electrons. The van der Waals surface area contributed by atoms with E-state index in [1.54, 1.807) is 6.20 Å². The Morgan fingerprint density at radius 2 is 2.36 bits per heavy atom. The average molecular weight is 195 g/mol. The van der Waals surface area contributed by atoms with Crippen LogP contribution >= 0.6 is 0 Å². The molecule has 0 fully saturated rings. The number of rotatable bonds is 5. The molecule has 4 nitrogen and oxygen atoms in total. The molecule has 0 radical (unpaired) electrons. The maximum absolute atomic E-state index is 5.65. The van der Waals surface area contributed by atoms with E-state index in [0.717, 1.165) is 12.2 Å². The van der Waals surface area contributed by atoms with Gasteiger partial charge in [0, 0.05) is 12.7 Å². The highest BCUT2D eigenvalue weighted by Gasteiger charge is 1.97. The molecule has 1 aromatic heterocycles. The number of nitrogen functional groups attached to an aromatic ring is 1. The van der Waals surface area contributed by atoms with Gasteiger partial charge >= 0.3 is 0 Å². The Bertz CT molecular complexity index is 276. The summed E-state index contributed by atoms with van der Waals surface area (Å²) in [7, 11) is 0. The van der Waals surface area contributed by atoms with Crippen LogP contribution in [-0.4, -0.2) is 24.2 Å². The van der Waals surface area contributed by atoms with Gasteiger partial charge in [-0.25, -0.2) is 4.98 Å². The summed E-state index contributed by atoms with van der Waals surface area (Å²) in [5.41, 5.74) is 6.51. The van der Waals surface area contributed by atoms with Crippen molar-refractivity contribution in [2.24, 2.45) is 0 Å². The summed E-state index contributed by atoms with van der Waals surface area (Å²) >= 11 is 0. The third kappa shape index (κ3) is 3.62. The van der Waals surface area contributed by atoms with Gasteiger partial charge in [0.2, 0.25) is 0 Å². The summed E-state index contributed by atoms with van der Waals surface area (Å²) in [6.07, 6.45) is 1.94. The second kappa shape index (κ2) is 5.44. The molecule has 0 saturated carbocycles. The van der Waals surface area contributed by atoms with Crippen LogP contribution in [0.5, 0.6) is 0 Å². The largest absolute Gasteiger partial charge is 0.382 e. The molecule has 0 aliphatic carbocycles. The second-order valence-electron chi connectivity index (χ2n) is 3.28. The van der Waals surface area contributed by atoms with Crippen LogP contribution in [0.1, 0.15) is 13.8 Å². The standard InChI is InChI=1S/C10H17N3O/c1-8(2)14-7-6-12-9-4-3-5-13-10(9)11/h3-5,8,12H,6-7H2,1-2H3,(H2,11,13). The number of nitrogens with two attached hydrogens (primary N) is 1. The Kier molecular flexibility index (Phi) is 4.19. The van der Waals surface area contributed by atoms with E-state index in [9.17, 15) is 0 Å². The zero-order chi connectivity index (χ0) is 10.4. The second-order valence-corrected chi connectivity index (χ2v) is 3.28. The maximum Gasteiger partial charge on any atom is 0.146 e. The van der Waals surface area contributed by atoms with Crippen LogP contribution in [0.25, 0.3) is 0 Å². The van der Waals surface area contributed by atoms with Crippen molar-refractivity contribution in [3.05, 3.63) is 18.3 Å². The van der Waals surface area contributed by atoms with Gasteiger partial charge in [0.15, 0.2) is 0 Å². The van der Waals surface area contributed by atoms with Crippen molar-refractivity contribution in [3.8, 4) is 0 Å². The molecular weight excluding hydrogens is 178 g/mol. The van der Waals surface area contributed by atoms with Gasteiger partial charge in [-0.1, -0.05) is 0 Å². The first kappa shape index (κ1) is 10.8. The molecule has 1 rings (SSSR count). The molecule has 0 bridgehead atoms. The summed E-state index contributed by atoms with van der Waals surface area (Å²) in [6, 6.07) is 3.75. The number of anilines is 2. The number of pyridine rings is 1. The Morgan fingerprint density at radius 1 is 1.57 bits per heavy atom. The van der Waals surface area contributed by atoms with Crippen LogP contribution in [0.2, 0.25) is 0 Å². The van der Waals surface area contributed by atoms with Gasteiger partial charge in [0.25, 0.3) is 0 Å². The molecule has 0 spiro atoms.